The molecule has 0 N–H and O–H groups in total. The lowest BCUT2D eigenvalue weighted by atomic mass is 10.1. The molecule has 1 saturated heterocycles. The first-order valence-corrected chi connectivity index (χ1v) is 8.47. The Hall–Kier alpha value is -1.99. The van der Waals surface area contributed by atoms with Crippen molar-refractivity contribution in [1.82, 2.24) is 19.6 Å². The number of nitrogens with zero attached hydrogens (tertiary/aromatic N) is 4. The third-order valence-electron chi connectivity index (χ3n) is 4.43. The number of hydrogen-bond donors (Lipinski definition) is 0. The molecule has 1 aliphatic rings. The topological polar surface area (TPSA) is 41.4 Å². The fraction of sp³-hybridized carbons (Fsp3) is 0.412. The van der Waals surface area contributed by atoms with Gasteiger partial charge < -0.3 is 4.90 Å². The van der Waals surface area contributed by atoms with Crippen LogP contribution in [0.1, 0.15) is 18.5 Å². The van der Waals surface area contributed by atoms with Crippen molar-refractivity contribution in [1.29, 1.82) is 0 Å². The Balaban J connectivity index is 1.56. The van der Waals surface area contributed by atoms with E-state index in [0.29, 0.717) is 43.3 Å². The lowest BCUT2D eigenvalue weighted by molar-refractivity contribution is -0.136. The molecule has 25 heavy (non-hydrogen) atoms. The molecule has 0 radical (unpaired) electrons. The van der Waals surface area contributed by atoms with Gasteiger partial charge in [-0.05, 0) is 13.0 Å². The fourth-order valence-corrected chi connectivity index (χ4v) is 3.09. The highest BCUT2D eigenvalue weighted by molar-refractivity contribution is 6.30. The summed E-state index contributed by atoms with van der Waals surface area (Å²) in [5.41, 5.74) is 0.333. The molecule has 0 bridgehead atoms. The summed E-state index contributed by atoms with van der Waals surface area (Å²) in [6.07, 6.45) is 3.11. The van der Waals surface area contributed by atoms with Crippen molar-refractivity contribution in [2.45, 2.75) is 19.5 Å². The lowest BCUT2D eigenvalue weighted by Gasteiger charge is -2.36. The summed E-state index contributed by atoms with van der Waals surface area (Å²) in [7, 11) is 0. The van der Waals surface area contributed by atoms with Gasteiger partial charge >= 0.3 is 0 Å². The second kappa shape index (κ2) is 7.49. The molecule has 1 aromatic heterocycles. The van der Waals surface area contributed by atoms with Crippen LogP contribution in [-0.2, 0) is 11.3 Å². The minimum atomic E-state index is -0.835. The Bertz CT molecular complexity index is 759. The van der Waals surface area contributed by atoms with Crippen LogP contribution in [-0.4, -0.2) is 51.7 Å². The van der Waals surface area contributed by atoms with E-state index in [2.05, 4.69) is 5.10 Å². The Kier molecular flexibility index (Phi) is 5.34. The first-order valence-electron chi connectivity index (χ1n) is 8.09. The molecular weight excluding hydrogens is 350 g/mol. The standard InChI is InChI=1S/C17H19ClF2N4O/c1-12(24-11-14(18)9-21-24)17(25)23-7-5-22(6-8-23)10-13-3-2-4-15(19)16(13)20/h2-4,9,11-12H,5-8,10H2,1H3. The van der Waals surface area contributed by atoms with E-state index in [1.807, 2.05) is 4.90 Å². The zero-order valence-electron chi connectivity index (χ0n) is 13.8. The number of benzene rings is 1. The fourth-order valence-electron chi connectivity index (χ4n) is 2.94. The van der Waals surface area contributed by atoms with E-state index in [-0.39, 0.29) is 5.91 Å². The third kappa shape index (κ3) is 3.99. The van der Waals surface area contributed by atoms with Crippen LogP contribution in [0.4, 0.5) is 8.78 Å². The van der Waals surface area contributed by atoms with E-state index in [1.54, 1.807) is 28.8 Å². The number of carbonyl (C=O) groups is 1. The minimum absolute atomic E-state index is 0.0312. The molecule has 8 heteroatoms. The molecule has 134 valence electrons. The van der Waals surface area contributed by atoms with Gasteiger partial charge in [-0.1, -0.05) is 23.7 Å². The monoisotopic (exact) mass is 368 g/mol. The summed E-state index contributed by atoms with van der Waals surface area (Å²) in [4.78, 5) is 16.3. The van der Waals surface area contributed by atoms with Gasteiger partial charge in [0.2, 0.25) is 5.91 Å². The van der Waals surface area contributed by atoms with Crippen molar-refractivity contribution in [3.05, 3.63) is 52.8 Å². The molecule has 3 rings (SSSR count). The van der Waals surface area contributed by atoms with Gasteiger partial charge in [0.25, 0.3) is 0 Å². The number of rotatable bonds is 4. The molecule has 2 aromatic rings. The molecule has 1 fully saturated rings. The highest BCUT2D eigenvalue weighted by Gasteiger charge is 2.26. The van der Waals surface area contributed by atoms with E-state index < -0.39 is 17.7 Å². The number of carbonyl (C=O) groups excluding carboxylic acids is 1. The predicted octanol–water partition coefficient (Wildman–Crippen LogP) is 2.72. The Morgan fingerprint density at radius 1 is 1.28 bits per heavy atom. The molecular formula is C17H19ClF2N4O. The van der Waals surface area contributed by atoms with Gasteiger partial charge in [-0.3, -0.25) is 14.4 Å². The normalized spacial score (nSPS) is 16.9. The van der Waals surface area contributed by atoms with Crippen LogP contribution in [0.25, 0.3) is 0 Å². The second-order valence-corrected chi connectivity index (χ2v) is 6.57. The summed E-state index contributed by atoms with van der Waals surface area (Å²) in [5.74, 6) is -1.67. The summed E-state index contributed by atoms with van der Waals surface area (Å²) in [6.45, 7) is 4.39. The maximum Gasteiger partial charge on any atom is 0.247 e. The van der Waals surface area contributed by atoms with E-state index in [1.165, 1.54) is 12.3 Å². The van der Waals surface area contributed by atoms with Crippen molar-refractivity contribution in [2.75, 3.05) is 26.2 Å². The Labute approximate surface area is 149 Å². The molecule has 0 aliphatic carbocycles. The maximum absolute atomic E-state index is 13.8. The quantitative estimate of drug-likeness (QED) is 0.833. The molecule has 0 spiro atoms. The SMILES string of the molecule is CC(C(=O)N1CCN(Cc2cccc(F)c2F)CC1)n1cc(Cl)cn1. The van der Waals surface area contributed by atoms with Crippen molar-refractivity contribution >= 4 is 17.5 Å². The molecule has 0 saturated carbocycles. The number of aromatic nitrogens is 2. The number of halogens is 3. The Morgan fingerprint density at radius 3 is 2.64 bits per heavy atom. The zero-order valence-corrected chi connectivity index (χ0v) is 14.6. The first kappa shape index (κ1) is 17.8. The van der Waals surface area contributed by atoms with Crippen LogP contribution in [0.3, 0.4) is 0 Å². The van der Waals surface area contributed by atoms with E-state index in [4.69, 9.17) is 11.6 Å². The number of amides is 1. The van der Waals surface area contributed by atoms with E-state index in [0.717, 1.165) is 6.07 Å². The molecule has 1 atom stereocenters. The lowest BCUT2D eigenvalue weighted by Crippen LogP contribution is -2.50. The molecule has 2 heterocycles. The summed E-state index contributed by atoms with van der Waals surface area (Å²) < 4.78 is 28.6. The van der Waals surface area contributed by atoms with E-state index >= 15 is 0 Å². The van der Waals surface area contributed by atoms with Crippen molar-refractivity contribution in [2.24, 2.45) is 0 Å². The van der Waals surface area contributed by atoms with Crippen LogP contribution in [0, 0.1) is 11.6 Å². The largest absolute Gasteiger partial charge is 0.338 e. The van der Waals surface area contributed by atoms with Gasteiger partial charge in [-0.25, -0.2) is 8.78 Å². The average Bonchev–Trinajstić information content (AvgIpc) is 3.05. The predicted molar refractivity (Wildman–Crippen MR) is 90.2 cm³/mol. The van der Waals surface area contributed by atoms with Gasteiger partial charge in [0.1, 0.15) is 6.04 Å². The first-order chi connectivity index (χ1) is 12.0. The van der Waals surface area contributed by atoms with Crippen LogP contribution in [0.5, 0.6) is 0 Å². The average molecular weight is 369 g/mol. The van der Waals surface area contributed by atoms with Crippen LogP contribution < -0.4 is 0 Å². The van der Waals surface area contributed by atoms with Crippen LogP contribution >= 0.6 is 11.6 Å². The molecule has 1 amide bonds. The van der Waals surface area contributed by atoms with Gasteiger partial charge in [0.05, 0.1) is 11.2 Å². The smallest absolute Gasteiger partial charge is 0.247 e. The molecule has 1 aromatic carbocycles. The Morgan fingerprint density at radius 2 is 2.00 bits per heavy atom. The van der Waals surface area contributed by atoms with Crippen LogP contribution in [0.15, 0.2) is 30.6 Å². The number of piperazine rings is 1. The van der Waals surface area contributed by atoms with Gasteiger partial charge in [0, 0.05) is 44.5 Å². The van der Waals surface area contributed by atoms with Gasteiger partial charge in [-0.15, -0.1) is 0 Å². The molecule has 1 unspecified atom stereocenters. The maximum atomic E-state index is 13.8. The summed E-state index contributed by atoms with van der Waals surface area (Å²) >= 11 is 5.84. The zero-order chi connectivity index (χ0) is 18.0. The summed E-state index contributed by atoms with van der Waals surface area (Å²) in [5, 5.41) is 4.56. The minimum Gasteiger partial charge on any atom is -0.338 e. The van der Waals surface area contributed by atoms with Crippen molar-refractivity contribution in [3.8, 4) is 0 Å². The van der Waals surface area contributed by atoms with Gasteiger partial charge in [-0.2, -0.15) is 5.10 Å². The highest BCUT2D eigenvalue weighted by Crippen LogP contribution is 2.17. The van der Waals surface area contributed by atoms with Crippen molar-refractivity contribution in [3.63, 3.8) is 0 Å². The summed E-state index contributed by atoms with van der Waals surface area (Å²) in [6, 6.07) is 3.77. The van der Waals surface area contributed by atoms with Crippen LogP contribution in [0.2, 0.25) is 5.02 Å². The molecule has 1 aliphatic heterocycles. The highest BCUT2D eigenvalue weighted by atomic mass is 35.5. The number of hydrogen-bond acceptors (Lipinski definition) is 3. The molecule has 5 nitrogen and oxygen atoms in total. The van der Waals surface area contributed by atoms with Gasteiger partial charge in [0.15, 0.2) is 11.6 Å². The third-order valence-corrected chi connectivity index (χ3v) is 4.63. The van der Waals surface area contributed by atoms with E-state index in [9.17, 15) is 13.6 Å². The second-order valence-electron chi connectivity index (χ2n) is 6.13. The van der Waals surface area contributed by atoms with Crippen molar-refractivity contribution < 1.29 is 13.6 Å².